The first-order valence-electron chi connectivity index (χ1n) is 17.8. The van der Waals surface area contributed by atoms with Gasteiger partial charge in [-0.05, 0) is 105 Å². The van der Waals surface area contributed by atoms with Gasteiger partial charge in [-0.1, -0.05) is 30.8 Å². The van der Waals surface area contributed by atoms with Crippen LogP contribution in [0.5, 0.6) is 5.75 Å². The van der Waals surface area contributed by atoms with E-state index >= 15 is 0 Å². The molecule has 12 heteroatoms. The number of nitrogens with zero attached hydrogens (tertiary/aromatic N) is 6. The molecule has 1 saturated carbocycles. The van der Waals surface area contributed by atoms with E-state index in [0.717, 1.165) is 42.7 Å². The van der Waals surface area contributed by atoms with Gasteiger partial charge in [0.15, 0.2) is 5.82 Å². The molecule has 3 amide bonds. The van der Waals surface area contributed by atoms with Crippen molar-refractivity contribution in [2.24, 2.45) is 0 Å². The number of rotatable bonds is 9. The summed E-state index contributed by atoms with van der Waals surface area (Å²) in [6.45, 7) is 8.07. The molecule has 1 aliphatic carbocycles. The van der Waals surface area contributed by atoms with Gasteiger partial charge < -0.3 is 14.5 Å². The van der Waals surface area contributed by atoms with Gasteiger partial charge in [-0.15, -0.1) is 0 Å². The van der Waals surface area contributed by atoms with Crippen LogP contribution < -0.4 is 15.0 Å². The molecule has 1 N–H and O–H groups in total. The van der Waals surface area contributed by atoms with Crippen LogP contribution in [0.3, 0.4) is 0 Å². The molecule has 3 aromatic heterocycles. The highest BCUT2D eigenvalue weighted by Crippen LogP contribution is 2.42. The Bertz CT molecular complexity index is 2140. The lowest BCUT2D eigenvalue weighted by atomic mass is 9.89. The number of urea groups is 1. The number of benzene rings is 2. The molecular formula is C40H39F2N7O3. The molecule has 5 aromatic rings. The smallest absolute Gasteiger partial charge is 0.335 e. The van der Waals surface area contributed by atoms with Crippen LogP contribution in [-0.2, 0) is 0 Å². The number of likely N-dealkylation sites (tertiary alicyclic amines) is 1. The van der Waals surface area contributed by atoms with Crippen LogP contribution in [0.1, 0.15) is 54.6 Å². The van der Waals surface area contributed by atoms with E-state index in [9.17, 15) is 18.4 Å². The lowest BCUT2D eigenvalue weighted by molar-refractivity contribution is 0.0914. The molecule has 3 aliphatic rings. The molecule has 2 aromatic carbocycles. The SMILES string of the molecule is C=C1c2cc(F)cnc2N(c2cccc(-c3ccc(OCCN4CCCC4)cc3)c2)C(=O)N1C1CCC(NC(=O)c2cn3cc(F)ccc3n2)CC1. The van der Waals surface area contributed by atoms with Gasteiger partial charge in [0, 0.05) is 42.3 Å². The number of hydrogen-bond donors (Lipinski definition) is 1. The summed E-state index contributed by atoms with van der Waals surface area (Å²) in [5.41, 5.74) is 3.98. The number of halogens is 2. The second kappa shape index (κ2) is 14.2. The Morgan fingerprint density at radius 1 is 0.923 bits per heavy atom. The van der Waals surface area contributed by atoms with Gasteiger partial charge in [0.05, 0.1) is 11.9 Å². The molecule has 2 aliphatic heterocycles. The second-order valence-electron chi connectivity index (χ2n) is 13.6. The largest absolute Gasteiger partial charge is 0.492 e. The van der Waals surface area contributed by atoms with Crippen molar-refractivity contribution >= 4 is 34.8 Å². The highest BCUT2D eigenvalue weighted by atomic mass is 19.1. The minimum atomic E-state index is -0.522. The normalized spacial score (nSPS) is 19.3. The fraction of sp³-hybridized carbons (Fsp3) is 0.300. The Hall–Kier alpha value is -5.62. The van der Waals surface area contributed by atoms with Crippen LogP contribution in [0.2, 0.25) is 0 Å². The molecule has 1 saturated heterocycles. The van der Waals surface area contributed by atoms with E-state index < -0.39 is 11.6 Å². The summed E-state index contributed by atoms with van der Waals surface area (Å²) in [7, 11) is 0. The number of carbonyl (C=O) groups excluding carboxylic acids is 2. The number of ether oxygens (including phenoxy) is 1. The maximum atomic E-state index is 14.6. The number of imidazole rings is 1. The Morgan fingerprint density at radius 2 is 1.71 bits per heavy atom. The molecule has 52 heavy (non-hydrogen) atoms. The molecule has 0 bridgehead atoms. The number of fused-ring (bicyclic) bond motifs is 2. The summed E-state index contributed by atoms with van der Waals surface area (Å²) < 4.78 is 35.8. The Balaban J connectivity index is 0.975. The maximum Gasteiger partial charge on any atom is 0.335 e. The van der Waals surface area contributed by atoms with Crippen LogP contribution >= 0.6 is 0 Å². The standard InChI is InChI=1S/C40H39F2N7O3/c1-26-35-22-30(42)23-43-38(35)49(33-6-4-5-28(21-33)27-7-14-34(15-8-27)52-20-19-46-17-2-3-18-46)40(51)48(26)32-12-10-31(11-13-32)44-39(50)36-25-47-24-29(41)9-16-37(47)45-36/h4-9,14-16,21-25,31-32H,1-3,10-13,17-20H2,(H,44,50). The van der Waals surface area contributed by atoms with Crippen molar-refractivity contribution in [2.45, 2.75) is 50.6 Å². The van der Waals surface area contributed by atoms with E-state index in [2.05, 4.69) is 26.8 Å². The summed E-state index contributed by atoms with van der Waals surface area (Å²) in [6, 6.07) is 19.1. The molecule has 266 valence electrons. The number of carbonyl (C=O) groups is 2. The van der Waals surface area contributed by atoms with Crippen LogP contribution in [0.25, 0.3) is 22.5 Å². The third-order valence-corrected chi connectivity index (χ3v) is 10.3. The quantitative estimate of drug-likeness (QED) is 0.172. The molecule has 0 unspecified atom stereocenters. The summed E-state index contributed by atoms with van der Waals surface area (Å²) in [5.74, 6) is -0.157. The molecule has 0 radical (unpaired) electrons. The van der Waals surface area contributed by atoms with Crippen molar-refractivity contribution in [1.29, 1.82) is 0 Å². The van der Waals surface area contributed by atoms with Gasteiger partial charge in [0.25, 0.3) is 5.91 Å². The molecule has 0 spiro atoms. The van der Waals surface area contributed by atoms with Crippen LogP contribution in [0.4, 0.5) is 25.1 Å². The Kier molecular flexibility index (Phi) is 9.14. The molecule has 0 atom stereocenters. The number of pyridine rings is 2. The number of hydrogen-bond acceptors (Lipinski definition) is 6. The summed E-state index contributed by atoms with van der Waals surface area (Å²) in [5, 5.41) is 3.05. The average molecular weight is 704 g/mol. The number of anilines is 2. The third-order valence-electron chi connectivity index (χ3n) is 10.3. The molecule has 8 rings (SSSR count). The van der Waals surface area contributed by atoms with Gasteiger partial charge in [0.2, 0.25) is 0 Å². The summed E-state index contributed by atoms with van der Waals surface area (Å²) in [6.07, 6.45) is 8.79. The number of nitrogens with one attached hydrogen (secondary N) is 1. The van der Waals surface area contributed by atoms with Gasteiger partial charge in [-0.3, -0.25) is 14.6 Å². The first kappa shape index (κ1) is 33.5. The fourth-order valence-corrected chi connectivity index (χ4v) is 7.55. The van der Waals surface area contributed by atoms with Crippen LogP contribution in [0.15, 0.2) is 91.9 Å². The van der Waals surface area contributed by atoms with Gasteiger partial charge in [-0.2, -0.15) is 0 Å². The summed E-state index contributed by atoms with van der Waals surface area (Å²) in [4.78, 5) is 41.8. The zero-order chi connectivity index (χ0) is 35.8. The van der Waals surface area contributed by atoms with Gasteiger partial charge in [-0.25, -0.2) is 28.4 Å². The van der Waals surface area contributed by atoms with Crippen LogP contribution in [0, 0.1) is 11.6 Å². The Labute approximate surface area is 300 Å². The first-order valence-corrected chi connectivity index (χ1v) is 17.8. The lowest BCUT2D eigenvalue weighted by Gasteiger charge is -2.43. The number of aromatic nitrogens is 3. The Morgan fingerprint density at radius 3 is 2.50 bits per heavy atom. The zero-order valence-corrected chi connectivity index (χ0v) is 28.7. The van der Waals surface area contributed by atoms with E-state index in [1.165, 1.54) is 52.7 Å². The van der Waals surface area contributed by atoms with E-state index in [1.54, 1.807) is 4.90 Å². The molecular weight excluding hydrogens is 664 g/mol. The molecule has 5 heterocycles. The van der Waals surface area contributed by atoms with E-state index in [1.807, 2.05) is 48.5 Å². The highest BCUT2D eigenvalue weighted by Gasteiger charge is 2.41. The average Bonchev–Trinajstić information content (AvgIpc) is 3.83. The van der Waals surface area contributed by atoms with Crippen molar-refractivity contribution in [3.8, 4) is 16.9 Å². The second-order valence-corrected chi connectivity index (χ2v) is 13.6. The maximum absolute atomic E-state index is 14.6. The predicted octanol–water partition coefficient (Wildman–Crippen LogP) is 7.43. The molecule has 10 nitrogen and oxygen atoms in total. The van der Waals surface area contributed by atoms with E-state index in [0.29, 0.717) is 60.7 Å². The van der Waals surface area contributed by atoms with Crippen molar-refractivity contribution in [1.82, 2.24) is 29.5 Å². The van der Waals surface area contributed by atoms with Crippen LogP contribution in [-0.4, -0.2) is 74.4 Å². The minimum absolute atomic E-state index is 0.139. The minimum Gasteiger partial charge on any atom is -0.492 e. The van der Waals surface area contributed by atoms with Crippen molar-refractivity contribution < 1.29 is 23.1 Å². The van der Waals surface area contributed by atoms with Crippen molar-refractivity contribution in [2.75, 3.05) is 31.1 Å². The number of amides is 3. The fourth-order valence-electron chi connectivity index (χ4n) is 7.55. The van der Waals surface area contributed by atoms with E-state index in [4.69, 9.17) is 4.74 Å². The van der Waals surface area contributed by atoms with Gasteiger partial charge in [0.1, 0.15) is 35.3 Å². The third kappa shape index (κ3) is 6.73. The lowest BCUT2D eigenvalue weighted by Crippen LogP contribution is -2.51. The van der Waals surface area contributed by atoms with E-state index in [-0.39, 0.29) is 29.7 Å². The summed E-state index contributed by atoms with van der Waals surface area (Å²) >= 11 is 0. The van der Waals surface area contributed by atoms with Crippen molar-refractivity contribution in [3.63, 3.8) is 0 Å². The van der Waals surface area contributed by atoms with Crippen molar-refractivity contribution in [3.05, 3.63) is 115 Å². The highest BCUT2D eigenvalue weighted by molar-refractivity contribution is 6.08. The predicted molar refractivity (Wildman–Crippen MR) is 194 cm³/mol. The zero-order valence-electron chi connectivity index (χ0n) is 28.7. The van der Waals surface area contributed by atoms with Gasteiger partial charge >= 0.3 is 6.03 Å². The topological polar surface area (TPSA) is 95.3 Å². The monoisotopic (exact) mass is 703 g/mol. The molecule has 2 fully saturated rings. The first-order chi connectivity index (χ1) is 25.3.